The van der Waals surface area contributed by atoms with Gasteiger partial charge in [0.05, 0.1) is 12.7 Å². The van der Waals surface area contributed by atoms with E-state index in [1.807, 2.05) is 0 Å². The first kappa shape index (κ1) is 14.7. The predicted octanol–water partition coefficient (Wildman–Crippen LogP) is 3.82. The maximum atomic E-state index is 5.97. The van der Waals surface area contributed by atoms with Gasteiger partial charge in [0.15, 0.2) is 0 Å². The van der Waals surface area contributed by atoms with Crippen LogP contribution in [-0.4, -0.2) is 18.2 Å². The third kappa shape index (κ3) is 6.81. The van der Waals surface area contributed by atoms with Crippen LogP contribution in [0.5, 0.6) is 0 Å². The largest absolute Gasteiger partial charge is 0.371 e. The Balaban J connectivity index is 2.32. The van der Waals surface area contributed by atoms with Gasteiger partial charge < -0.3 is 10.1 Å². The first-order valence-corrected chi connectivity index (χ1v) is 7.28. The highest BCUT2D eigenvalue weighted by Crippen LogP contribution is 2.13. The smallest absolute Gasteiger partial charge is 0.0813 e. The fraction of sp³-hybridized carbons (Fsp3) is 0.714. The van der Waals surface area contributed by atoms with Gasteiger partial charge in [-0.1, -0.05) is 19.4 Å². The summed E-state index contributed by atoms with van der Waals surface area (Å²) in [5.74, 6) is 0. The lowest BCUT2D eigenvalue weighted by Gasteiger charge is -2.25. The molecule has 0 fully saturated rings. The van der Waals surface area contributed by atoms with Crippen molar-refractivity contribution in [2.75, 3.05) is 6.54 Å². The van der Waals surface area contributed by atoms with Crippen LogP contribution in [0.25, 0.3) is 0 Å². The molecule has 2 nitrogen and oxygen atoms in total. The third-order valence-electron chi connectivity index (χ3n) is 2.51. The second-order valence-corrected chi connectivity index (χ2v) is 6.46. The molecule has 0 aliphatic carbocycles. The molecular formula is C14H25NOS. The average Bonchev–Trinajstić information content (AvgIpc) is 2.74. The first-order chi connectivity index (χ1) is 8.01. The van der Waals surface area contributed by atoms with Crippen molar-refractivity contribution in [1.29, 1.82) is 0 Å². The van der Waals surface area contributed by atoms with Crippen LogP contribution in [0.2, 0.25) is 0 Å². The second kappa shape index (κ2) is 7.14. The van der Waals surface area contributed by atoms with Gasteiger partial charge in [-0.2, -0.15) is 0 Å². The minimum atomic E-state index is 0.165. The van der Waals surface area contributed by atoms with E-state index in [1.54, 1.807) is 11.3 Å². The van der Waals surface area contributed by atoms with E-state index >= 15 is 0 Å². The highest BCUT2D eigenvalue weighted by molar-refractivity contribution is 7.09. The van der Waals surface area contributed by atoms with Gasteiger partial charge in [0.1, 0.15) is 0 Å². The van der Waals surface area contributed by atoms with Gasteiger partial charge in [0, 0.05) is 17.0 Å². The zero-order valence-corrected chi connectivity index (χ0v) is 12.3. The molecule has 17 heavy (non-hydrogen) atoms. The summed E-state index contributed by atoms with van der Waals surface area (Å²) in [6, 6.07) is 4.20. The lowest BCUT2D eigenvalue weighted by Crippen LogP contribution is -2.41. The molecule has 1 unspecified atom stereocenters. The Kier molecular flexibility index (Phi) is 6.17. The van der Waals surface area contributed by atoms with E-state index < -0.39 is 0 Å². The molecule has 0 radical (unpaired) electrons. The van der Waals surface area contributed by atoms with Crippen LogP contribution in [-0.2, 0) is 11.3 Å². The molecule has 0 amide bonds. The molecular weight excluding hydrogens is 230 g/mol. The molecule has 1 heterocycles. The van der Waals surface area contributed by atoms with Crippen LogP contribution in [0.15, 0.2) is 17.5 Å². The van der Waals surface area contributed by atoms with Crippen molar-refractivity contribution in [3.05, 3.63) is 22.4 Å². The number of nitrogens with one attached hydrogen (secondary N) is 1. The maximum Gasteiger partial charge on any atom is 0.0813 e. The summed E-state index contributed by atoms with van der Waals surface area (Å²) in [5.41, 5.74) is 0.165. The van der Waals surface area contributed by atoms with Crippen molar-refractivity contribution < 1.29 is 4.74 Å². The van der Waals surface area contributed by atoms with Gasteiger partial charge in [-0.05, 0) is 38.6 Å². The monoisotopic (exact) mass is 255 g/mol. The summed E-state index contributed by atoms with van der Waals surface area (Å²) in [5, 5.41) is 5.61. The van der Waals surface area contributed by atoms with Gasteiger partial charge in [-0.15, -0.1) is 11.3 Å². The number of rotatable bonds is 7. The Morgan fingerprint density at radius 3 is 2.71 bits per heavy atom. The molecule has 0 spiro atoms. The highest BCUT2D eigenvalue weighted by Gasteiger charge is 2.14. The molecule has 0 aliphatic heterocycles. The summed E-state index contributed by atoms with van der Waals surface area (Å²) in [6.07, 6.45) is 2.61. The van der Waals surface area contributed by atoms with E-state index in [9.17, 15) is 0 Å². The zero-order chi connectivity index (χ0) is 12.7. The minimum Gasteiger partial charge on any atom is -0.371 e. The standard InChI is InChI=1S/C14H25NOS/c1-5-7-12(10-15-14(2,3)4)16-11-13-8-6-9-17-13/h6,8-9,12,15H,5,7,10-11H2,1-4H3. The molecule has 1 aromatic rings. The van der Waals surface area contributed by atoms with Crippen LogP contribution in [0.1, 0.15) is 45.4 Å². The van der Waals surface area contributed by atoms with Crippen molar-refractivity contribution in [3.63, 3.8) is 0 Å². The van der Waals surface area contributed by atoms with Crippen molar-refractivity contribution >= 4 is 11.3 Å². The Labute approximate surface area is 109 Å². The molecule has 0 bridgehead atoms. The molecule has 1 N–H and O–H groups in total. The van der Waals surface area contributed by atoms with Crippen molar-refractivity contribution in [2.24, 2.45) is 0 Å². The van der Waals surface area contributed by atoms with E-state index in [2.05, 4.69) is 50.5 Å². The highest BCUT2D eigenvalue weighted by atomic mass is 32.1. The van der Waals surface area contributed by atoms with E-state index in [-0.39, 0.29) is 5.54 Å². The summed E-state index contributed by atoms with van der Waals surface area (Å²) in [7, 11) is 0. The SMILES string of the molecule is CCCC(CNC(C)(C)C)OCc1cccs1. The Morgan fingerprint density at radius 2 is 2.18 bits per heavy atom. The topological polar surface area (TPSA) is 21.3 Å². The quantitative estimate of drug-likeness (QED) is 0.799. The van der Waals surface area contributed by atoms with E-state index in [1.165, 1.54) is 11.3 Å². The number of hydrogen-bond donors (Lipinski definition) is 1. The summed E-state index contributed by atoms with van der Waals surface area (Å²) >= 11 is 1.76. The summed E-state index contributed by atoms with van der Waals surface area (Å²) < 4.78 is 5.97. The van der Waals surface area contributed by atoms with Gasteiger partial charge in [-0.25, -0.2) is 0 Å². The van der Waals surface area contributed by atoms with Crippen molar-refractivity contribution in [3.8, 4) is 0 Å². The molecule has 0 aliphatic rings. The lowest BCUT2D eigenvalue weighted by molar-refractivity contribution is 0.0324. The molecule has 3 heteroatoms. The number of thiophene rings is 1. The van der Waals surface area contributed by atoms with Crippen LogP contribution < -0.4 is 5.32 Å². The third-order valence-corrected chi connectivity index (χ3v) is 3.36. The van der Waals surface area contributed by atoms with Crippen molar-refractivity contribution in [2.45, 2.75) is 58.8 Å². The summed E-state index contributed by atoms with van der Waals surface area (Å²) in [6.45, 7) is 10.5. The van der Waals surface area contributed by atoms with E-state index in [0.29, 0.717) is 6.10 Å². The zero-order valence-electron chi connectivity index (χ0n) is 11.5. The van der Waals surface area contributed by atoms with Crippen LogP contribution in [0.4, 0.5) is 0 Å². The first-order valence-electron chi connectivity index (χ1n) is 6.40. The Morgan fingerprint density at radius 1 is 1.41 bits per heavy atom. The lowest BCUT2D eigenvalue weighted by atomic mass is 10.1. The fourth-order valence-electron chi connectivity index (χ4n) is 1.58. The van der Waals surface area contributed by atoms with Gasteiger partial charge in [0.25, 0.3) is 0 Å². The van der Waals surface area contributed by atoms with Crippen LogP contribution >= 0.6 is 11.3 Å². The fourth-order valence-corrected chi connectivity index (χ4v) is 2.21. The molecule has 1 aromatic heterocycles. The molecule has 0 saturated heterocycles. The molecule has 0 aromatic carbocycles. The maximum absolute atomic E-state index is 5.97. The second-order valence-electron chi connectivity index (χ2n) is 5.43. The van der Waals surface area contributed by atoms with E-state index in [0.717, 1.165) is 19.6 Å². The molecule has 1 atom stereocenters. The molecule has 1 rings (SSSR count). The average molecular weight is 255 g/mol. The molecule has 0 saturated carbocycles. The predicted molar refractivity (Wildman–Crippen MR) is 75.6 cm³/mol. The molecule has 98 valence electrons. The van der Waals surface area contributed by atoms with Crippen LogP contribution in [0, 0.1) is 0 Å². The number of hydrogen-bond acceptors (Lipinski definition) is 3. The van der Waals surface area contributed by atoms with Gasteiger partial charge in [-0.3, -0.25) is 0 Å². The van der Waals surface area contributed by atoms with Crippen molar-refractivity contribution in [1.82, 2.24) is 5.32 Å². The van der Waals surface area contributed by atoms with Gasteiger partial charge in [0.2, 0.25) is 0 Å². The van der Waals surface area contributed by atoms with Gasteiger partial charge >= 0.3 is 0 Å². The number of ether oxygens (including phenoxy) is 1. The minimum absolute atomic E-state index is 0.165. The Hall–Kier alpha value is -0.380. The van der Waals surface area contributed by atoms with E-state index in [4.69, 9.17) is 4.74 Å². The summed E-state index contributed by atoms with van der Waals surface area (Å²) in [4.78, 5) is 1.31. The normalized spacial score (nSPS) is 13.9. The van der Waals surface area contributed by atoms with Crippen LogP contribution in [0.3, 0.4) is 0 Å². The Bertz CT molecular complexity index is 290.